The number of anilines is 1. The summed E-state index contributed by atoms with van der Waals surface area (Å²) in [7, 11) is 1.60. The zero-order valence-corrected chi connectivity index (χ0v) is 28.5. The number of benzene rings is 2. The predicted molar refractivity (Wildman–Crippen MR) is 179 cm³/mol. The van der Waals surface area contributed by atoms with Crippen molar-refractivity contribution >= 4 is 17.6 Å². The maximum atomic E-state index is 14.4. The Kier molecular flexibility index (Phi) is 11.2. The summed E-state index contributed by atoms with van der Waals surface area (Å²) >= 11 is 0. The second-order valence-corrected chi connectivity index (χ2v) is 14.3. The molecule has 0 aliphatic carbocycles. The number of hydrogen-bond acceptors (Lipinski definition) is 6. The molecule has 1 N–H and O–H groups in total. The highest BCUT2D eigenvalue weighted by atomic mass is 19.4. The van der Waals surface area contributed by atoms with E-state index in [0.29, 0.717) is 77.3 Å². The fraction of sp³-hybridized carbons (Fsp3) is 0.622. The van der Waals surface area contributed by atoms with E-state index in [-0.39, 0.29) is 29.7 Å². The van der Waals surface area contributed by atoms with E-state index in [9.17, 15) is 36.6 Å². The molecule has 0 bridgehead atoms. The Labute approximate surface area is 290 Å². The van der Waals surface area contributed by atoms with Gasteiger partial charge < -0.3 is 19.6 Å². The zero-order chi connectivity index (χ0) is 35.6. The van der Waals surface area contributed by atoms with Gasteiger partial charge in [-0.2, -0.15) is 13.2 Å². The van der Waals surface area contributed by atoms with Gasteiger partial charge in [0.05, 0.1) is 30.6 Å². The second-order valence-electron chi connectivity index (χ2n) is 14.3. The summed E-state index contributed by atoms with van der Waals surface area (Å²) in [5.74, 6) is -1.22. The van der Waals surface area contributed by atoms with E-state index in [0.717, 1.165) is 35.8 Å². The van der Waals surface area contributed by atoms with Crippen LogP contribution in [0.3, 0.4) is 0 Å². The van der Waals surface area contributed by atoms with E-state index in [1.807, 2.05) is 39.0 Å². The van der Waals surface area contributed by atoms with E-state index in [1.165, 1.54) is 6.07 Å². The maximum Gasteiger partial charge on any atom is 0.416 e. The minimum absolute atomic E-state index is 0.0268. The minimum Gasteiger partial charge on any atom is -0.497 e. The minimum atomic E-state index is -4.52. The lowest BCUT2D eigenvalue weighted by Gasteiger charge is -2.39. The van der Waals surface area contributed by atoms with Crippen molar-refractivity contribution in [3.63, 3.8) is 0 Å². The standard InChI is InChI=1S/C37H47F5N4O4/c1-50-30-5-2-24(3-6-30)32-22-46(28-11-16-43(17-12-28)29(19-38)20-39)23-33(32)35(47)45-15-10-26(21-45)31-7-4-27(37(40,41)42)18-34(31)44-13-8-25(9-14-44)36(48)49/h2-7,18,25-26,28-29,32-33H,8-17,19-23H2,1H3,(H,48,49)/t26-,32+,33-/m1/s1. The van der Waals surface area contributed by atoms with E-state index >= 15 is 0 Å². The van der Waals surface area contributed by atoms with E-state index < -0.39 is 43.0 Å². The van der Waals surface area contributed by atoms with Gasteiger partial charge in [-0.3, -0.25) is 19.4 Å². The number of halogens is 5. The third-order valence-corrected chi connectivity index (χ3v) is 11.6. The number of rotatable bonds is 10. The molecule has 1 amide bonds. The van der Waals surface area contributed by atoms with Gasteiger partial charge in [-0.1, -0.05) is 18.2 Å². The number of hydrogen-bond donors (Lipinski definition) is 1. The Morgan fingerprint density at radius 3 is 2.16 bits per heavy atom. The molecule has 6 rings (SSSR count). The van der Waals surface area contributed by atoms with Crippen molar-refractivity contribution in [2.24, 2.45) is 11.8 Å². The highest BCUT2D eigenvalue weighted by Gasteiger charge is 2.45. The smallest absolute Gasteiger partial charge is 0.416 e. The first kappa shape index (κ1) is 36.3. The van der Waals surface area contributed by atoms with Crippen LogP contribution >= 0.6 is 0 Å². The molecule has 4 fully saturated rings. The number of carboxylic acid groups (broad SMARTS) is 1. The molecule has 4 aliphatic heterocycles. The van der Waals surface area contributed by atoms with Crippen LogP contribution in [0.1, 0.15) is 60.6 Å². The van der Waals surface area contributed by atoms with Crippen molar-refractivity contribution in [2.45, 2.75) is 62.2 Å². The number of piperidine rings is 2. The number of carboxylic acids is 1. The molecule has 0 unspecified atom stereocenters. The lowest BCUT2D eigenvalue weighted by Crippen LogP contribution is -2.49. The van der Waals surface area contributed by atoms with Gasteiger partial charge in [-0.05, 0) is 67.5 Å². The molecule has 2 aromatic rings. The van der Waals surface area contributed by atoms with Gasteiger partial charge in [-0.15, -0.1) is 0 Å². The summed E-state index contributed by atoms with van der Waals surface area (Å²) in [5.41, 5.74) is 1.52. The molecular formula is C37H47F5N4O4. The molecule has 0 saturated carbocycles. The number of carbonyl (C=O) groups is 2. The number of carbonyl (C=O) groups excluding carboxylic acids is 1. The van der Waals surface area contributed by atoms with Crippen molar-refractivity contribution in [3.8, 4) is 5.75 Å². The van der Waals surface area contributed by atoms with Gasteiger partial charge in [0.1, 0.15) is 19.1 Å². The Hall–Kier alpha value is -3.45. The number of ether oxygens (including phenoxy) is 1. The Balaban J connectivity index is 1.20. The number of methoxy groups -OCH3 is 1. The molecule has 3 atom stereocenters. The normalized spacial score (nSPS) is 24.7. The van der Waals surface area contributed by atoms with Crippen molar-refractivity contribution < 1.29 is 41.4 Å². The molecule has 0 spiro atoms. The molecule has 50 heavy (non-hydrogen) atoms. The molecule has 2 aromatic carbocycles. The first-order valence-corrected chi connectivity index (χ1v) is 17.7. The fourth-order valence-electron chi connectivity index (χ4n) is 8.58. The highest BCUT2D eigenvalue weighted by molar-refractivity contribution is 5.81. The van der Waals surface area contributed by atoms with E-state index in [4.69, 9.17) is 4.74 Å². The molecule has 13 heteroatoms. The molecule has 4 heterocycles. The summed E-state index contributed by atoms with van der Waals surface area (Å²) in [6, 6.07) is 11.1. The van der Waals surface area contributed by atoms with Crippen LogP contribution in [0.4, 0.5) is 27.6 Å². The van der Waals surface area contributed by atoms with Crippen LogP contribution in [-0.4, -0.2) is 117 Å². The first-order valence-electron chi connectivity index (χ1n) is 17.7. The molecule has 4 saturated heterocycles. The van der Waals surface area contributed by atoms with Crippen molar-refractivity contribution in [1.29, 1.82) is 0 Å². The lowest BCUT2D eigenvalue weighted by atomic mass is 9.88. The van der Waals surface area contributed by atoms with Crippen LogP contribution in [0.25, 0.3) is 0 Å². The zero-order valence-electron chi connectivity index (χ0n) is 28.5. The van der Waals surface area contributed by atoms with Gasteiger partial charge in [0, 0.05) is 75.9 Å². The molecule has 274 valence electrons. The second kappa shape index (κ2) is 15.4. The number of amides is 1. The number of nitrogens with zero attached hydrogens (tertiary/aromatic N) is 4. The summed E-state index contributed by atoms with van der Waals surface area (Å²) in [4.78, 5) is 33.9. The third kappa shape index (κ3) is 7.73. The SMILES string of the molecule is COc1ccc([C@@H]2CN(C3CCN(C(CF)CF)CC3)C[C@H]2C(=O)N2CC[C@@H](c3ccc(C(F)(F)F)cc3N3CCC(C(=O)O)CC3)C2)cc1. The topological polar surface area (TPSA) is 76.6 Å². The average Bonchev–Trinajstić information content (AvgIpc) is 3.81. The van der Waals surface area contributed by atoms with Crippen molar-refractivity contribution in [1.82, 2.24) is 14.7 Å². The van der Waals surface area contributed by atoms with Crippen LogP contribution in [0, 0.1) is 11.8 Å². The Bertz CT molecular complexity index is 1470. The van der Waals surface area contributed by atoms with Crippen LogP contribution in [0.15, 0.2) is 42.5 Å². The third-order valence-electron chi connectivity index (χ3n) is 11.6. The molecule has 0 radical (unpaired) electrons. The summed E-state index contributed by atoms with van der Waals surface area (Å²) in [5, 5.41) is 9.46. The van der Waals surface area contributed by atoms with Gasteiger partial charge in [-0.25, -0.2) is 8.78 Å². The fourth-order valence-corrected chi connectivity index (χ4v) is 8.58. The van der Waals surface area contributed by atoms with Crippen LogP contribution in [0.2, 0.25) is 0 Å². The monoisotopic (exact) mass is 706 g/mol. The van der Waals surface area contributed by atoms with Crippen LogP contribution in [-0.2, 0) is 15.8 Å². The Morgan fingerprint density at radius 2 is 1.56 bits per heavy atom. The number of alkyl halides is 5. The quantitative estimate of drug-likeness (QED) is 0.313. The maximum absolute atomic E-state index is 14.4. The number of likely N-dealkylation sites (tertiary alicyclic amines) is 3. The van der Waals surface area contributed by atoms with E-state index in [2.05, 4.69) is 4.90 Å². The average molecular weight is 707 g/mol. The van der Waals surface area contributed by atoms with Gasteiger partial charge in [0.15, 0.2) is 0 Å². The lowest BCUT2D eigenvalue weighted by molar-refractivity contribution is -0.142. The summed E-state index contributed by atoms with van der Waals surface area (Å²) in [6.45, 7) is 2.59. The van der Waals surface area contributed by atoms with Gasteiger partial charge in [0.2, 0.25) is 5.91 Å². The van der Waals surface area contributed by atoms with Crippen LogP contribution in [0.5, 0.6) is 5.75 Å². The molecule has 8 nitrogen and oxygen atoms in total. The predicted octanol–water partition coefficient (Wildman–Crippen LogP) is 5.82. The van der Waals surface area contributed by atoms with Gasteiger partial charge in [0.25, 0.3) is 0 Å². The summed E-state index contributed by atoms with van der Waals surface area (Å²) in [6.07, 6.45) is -1.67. The molecular weight excluding hydrogens is 659 g/mol. The number of aliphatic carboxylic acids is 1. The van der Waals surface area contributed by atoms with Crippen LogP contribution < -0.4 is 9.64 Å². The van der Waals surface area contributed by atoms with Crippen molar-refractivity contribution in [3.05, 3.63) is 59.2 Å². The summed E-state index contributed by atoms with van der Waals surface area (Å²) < 4.78 is 73.6. The highest BCUT2D eigenvalue weighted by Crippen LogP contribution is 2.42. The Morgan fingerprint density at radius 1 is 0.880 bits per heavy atom. The molecule has 0 aromatic heterocycles. The van der Waals surface area contributed by atoms with Crippen molar-refractivity contribution in [2.75, 3.05) is 77.7 Å². The largest absolute Gasteiger partial charge is 0.497 e. The first-order chi connectivity index (χ1) is 24.0. The van der Waals surface area contributed by atoms with E-state index in [1.54, 1.807) is 13.2 Å². The molecule has 4 aliphatic rings. The van der Waals surface area contributed by atoms with Gasteiger partial charge >= 0.3 is 12.1 Å².